The first kappa shape index (κ1) is 20.1. The second kappa shape index (κ2) is 8.92. The van der Waals surface area contributed by atoms with Gasteiger partial charge in [-0.15, -0.1) is 0 Å². The normalized spacial score (nSPS) is 16.3. The van der Waals surface area contributed by atoms with Crippen LogP contribution in [0.2, 0.25) is 0 Å². The van der Waals surface area contributed by atoms with Crippen LogP contribution in [0.3, 0.4) is 0 Å². The molecule has 1 saturated heterocycles. The highest BCUT2D eigenvalue weighted by Gasteiger charge is 2.37. The number of urea groups is 1. The number of carbonyl (C=O) groups excluding carboxylic acids is 2. The molecule has 1 aliphatic heterocycles. The number of amides is 3. The molecule has 2 rings (SSSR count). The standard InChI is InChI=1S/C20H31N3O3/c1-15(2)13-22-19(25)23-11-9-20(3,10-12-23)18(24)21-14-16-5-7-17(26-4)8-6-16/h5-8,15H,9-14H2,1-4H3,(H,21,24)(H,22,25). The molecule has 0 saturated carbocycles. The lowest BCUT2D eigenvalue weighted by atomic mass is 9.79. The van der Waals surface area contributed by atoms with Crippen molar-refractivity contribution in [2.24, 2.45) is 11.3 Å². The van der Waals surface area contributed by atoms with Gasteiger partial charge in [0.2, 0.25) is 5.91 Å². The smallest absolute Gasteiger partial charge is 0.317 e. The van der Waals surface area contributed by atoms with Crippen LogP contribution in [0.1, 0.15) is 39.2 Å². The number of methoxy groups -OCH3 is 1. The second-order valence-electron chi connectivity index (χ2n) is 7.66. The average Bonchev–Trinajstić information content (AvgIpc) is 2.65. The fourth-order valence-electron chi connectivity index (χ4n) is 2.97. The molecule has 0 aliphatic carbocycles. The van der Waals surface area contributed by atoms with Crippen LogP contribution in [-0.4, -0.2) is 43.6 Å². The van der Waals surface area contributed by atoms with Gasteiger partial charge in [-0.05, 0) is 36.5 Å². The highest BCUT2D eigenvalue weighted by molar-refractivity contribution is 5.83. The van der Waals surface area contributed by atoms with E-state index in [1.807, 2.05) is 31.2 Å². The fourth-order valence-corrected chi connectivity index (χ4v) is 2.97. The molecule has 1 heterocycles. The van der Waals surface area contributed by atoms with E-state index in [-0.39, 0.29) is 11.9 Å². The molecule has 1 aromatic carbocycles. The van der Waals surface area contributed by atoms with Crippen molar-refractivity contribution >= 4 is 11.9 Å². The van der Waals surface area contributed by atoms with E-state index in [4.69, 9.17) is 4.74 Å². The first-order valence-corrected chi connectivity index (χ1v) is 9.28. The van der Waals surface area contributed by atoms with Gasteiger partial charge in [0, 0.05) is 31.6 Å². The maximum Gasteiger partial charge on any atom is 0.317 e. The molecular formula is C20H31N3O3. The number of carbonyl (C=O) groups is 2. The minimum atomic E-state index is -0.429. The molecule has 0 bridgehead atoms. The molecule has 2 N–H and O–H groups in total. The lowest BCUT2D eigenvalue weighted by Crippen LogP contribution is -2.51. The van der Waals surface area contributed by atoms with Crippen LogP contribution in [0, 0.1) is 11.3 Å². The lowest BCUT2D eigenvalue weighted by molar-refractivity contribution is -0.132. The third-order valence-electron chi connectivity index (χ3n) is 4.98. The van der Waals surface area contributed by atoms with Crippen molar-refractivity contribution in [3.05, 3.63) is 29.8 Å². The maximum absolute atomic E-state index is 12.7. The van der Waals surface area contributed by atoms with Gasteiger partial charge in [-0.25, -0.2) is 4.79 Å². The Morgan fingerprint density at radius 2 is 1.77 bits per heavy atom. The van der Waals surface area contributed by atoms with Gasteiger partial charge in [0.15, 0.2) is 0 Å². The van der Waals surface area contributed by atoms with E-state index in [1.54, 1.807) is 12.0 Å². The number of ether oxygens (including phenoxy) is 1. The van der Waals surface area contributed by atoms with Crippen LogP contribution in [0.4, 0.5) is 4.79 Å². The van der Waals surface area contributed by atoms with Gasteiger partial charge in [-0.1, -0.05) is 32.9 Å². The van der Waals surface area contributed by atoms with Gasteiger partial charge in [-0.2, -0.15) is 0 Å². The Labute approximate surface area is 156 Å². The number of piperidine rings is 1. The van der Waals surface area contributed by atoms with Gasteiger partial charge in [0.25, 0.3) is 0 Å². The zero-order chi connectivity index (χ0) is 19.2. The summed E-state index contributed by atoms with van der Waals surface area (Å²) in [5.41, 5.74) is 0.606. The van der Waals surface area contributed by atoms with Gasteiger partial charge in [0.1, 0.15) is 5.75 Å². The van der Waals surface area contributed by atoms with E-state index in [9.17, 15) is 9.59 Å². The summed E-state index contributed by atoms with van der Waals surface area (Å²) in [5, 5.41) is 5.97. The van der Waals surface area contributed by atoms with Crippen molar-refractivity contribution in [3.8, 4) is 5.75 Å². The van der Waals surface area contributed by atoms with Crippen molar-refractivity contribution < 1.29 is 14.3 Å². The van der Waals surface area contributed by atoms with E-state index >= 15 is 0 Å². The molecular weight excluding hydrogens is 330 g/mol. The Bertz CT molecular complexity index is 605. The van der Waals surface area contributed by atoms with E-state index in [2.05, 4.69) is 24.5 Å². The Kier molecular flexibility index (Phi) is 6.89. The summed E-state index contributed by atoms with van der Waals surface area (Å²) in [6.07, 6.45) is 1.35. The zero-order valence-corrected chi connectivity index (χ0v) is 16.3. The molecule has 1 fully saturated rings. The third-order valence-corrected chi connectivity index (χ3v) is 4.98. The van der Waals surface area contributed by atoms with Gasteiger partial charge >= 0.3 is 6.03 Å². The molecule has 144 valence electrons. The molecule has 1 aromatic rings. The molecule has 0 radical (unpaired) electrons. The number of benzene rings is 1. The van der Waals surface area contributed by atoms with Crippen LogP contribution >= 0.6 is 0 Å². The molecule has 0 aromatic heterocycles. The molecule has 3 amide bonds. The largest absolute Gasteiger partial charge is 0.497 e. The minimum absolute atomic E-state index is 0.0283. The Morgan fingerprint density at radius 1 is 1.15 bits per heavy atom. The van der Waals surface area contributed by atoms with Crippen LogP contribution in [0.5, 0.6) is 5.75 Å². The SMILES string of the molecule is COc1ccc(CNC(=O)C2(C)CCN(C(=O)NCC(C)C)CC2)cc1. The zero-order valence-electron chi connectivity index (χ0n) is 16.3. The average molecular weight is 361 g/mol. The second-order valence-corrected chi connectivity index (χ2v) is 7.66. The Morgan fingerprint density at radius 3 is 2.31 bits per heavy atom. The fraction of sp³-hybridized carbons (Fsp3) is 0.600. The van der Waals surface area contributed by atoms with E-state index in [1.165, 1.54) is 0 Å². The number of likely N-dealkylation sites (tertiary alicyclic amines) is 1. The first-order valence-electron chi connectivity index (χ1n) is 9.28. The highest BCUT2D eigenvalue weighted by Crippen LogP contribution is 2.31. The highest BCUT2D eigenvalue weighted by atomic mass is 16.5. The third kappa shape index (κ3) is 5.38. The molecule has 0 atom stereocenters. The predicted octanol–water partition coefficient (Wildman–Crippen LogP) is 2.78. The first-order chi connectivity index (χ1) is 12.3. The molecule has 6 heteroatoms. The van der Waals surface area contributed by atoms with Crippen LogP contribution in [0.15, 0.2) is 24.3 Å². The lowest BCUT2D eigenvalue weighted by Gasteiger charge is -2.38. The summed E-state index contributed by atoms with van der Waals surface area (Å²) < 4.78 is 5.14. The minimum Gasteiger partial charge on any atom is -0.497 e. The van der Waals surface area contributed by atoms with Gasteiger partial charge < -0.3 is 20.3 Å². The summed E-state index contributed by atoms with van der Waals surface area (Å²) >= 11 is 0. The Hall–Kier alpha value is -2.24. The van der Waals surface area contributed by atoms with E-state index in [0.29, 0.717) is 44.9 Å². The summed E-state index contributed by atoms with van der Waals surface area (Å²) in [7, 11) is 1.63. The molecule has 0 unspecified atom stereocenters. The number of hydrogen-bond acceptors (Lipinski definition) is 3. The van der Waals surface area contributed by atoms with E-state index < -0.39 is 5.41 Å². The van der Waals surface area contributed by atoms with Crippen molar-refractivity contribution in [2.45, 2.75) is 40.2 Å². The summed E-state index contributed by atoms with van der Waals surface area (Å²) in [6.45, 7) is 8.51. The van der Waals surface area contributed by atoms with Crippen molar-refractivity contribution in [3.63, 3.8) is 0 Å². The molecule has 26 heavy (non-hydrogen) atoms. The number of hydrogen-bond donors (Lipinski definition) is 2. The van der Waals surface area contributed by atoms with Gasteiger partial charge in [0.05, 0.1) is 7.11 Å². The summed E-state index contributed by atoms with van der Waals surface area (Å²) in [5.74, 6) is 1.28. The molecule has 0 spiro atoms. The number of rotatable bonds is 6. The van der Waals surface area contributed by atoms with Crippen LogP contribution < -0.4 is 15.4 Å². The topological polar surface area (TPSA) is 70.7 Å². The summed E-state index contributed by atoms with van der Waals surface area (Å²) in [4.78, 5) is 26.6. The molecule has 6 nitrogen and oxygen atoms in total. The number of nitrogens with zero attached hydrogens (tertiary/aromatic N) is 1. The van der Waals surface area contributed by atoms with E-state index in [0.717, 1.165) is 11.3 Å². The Balaban J connectivity index is 1.81. The van der Waals surface area contributed by atoms with Crippen molar-refractivity contribution in [1.82, 2.24) is 15.5 Å². The van der Waals surface area contributed by atoms with Crippen molar-refractivity contribution in [2.75, 3.05) is 26.7 Å². The predicted molar refractivity (Wildman–Crippen MR) is 102 cm³/mol. The van der Waals surface area contributed by atoms with Crippen molar-refractivity contribution in [1.29, 1.82) is 0 Å². The maximum atomic E-state index is 12.7. The monoisotopic (exact) mass is 361 g/mol. The number of nitrogens with one attached hydrogen (secondary N) is 2. The quantitative estimate of drug-likeness (QED) is 0.818. The summed E-state index contributed by atoms with van der Waals surface area (Å²) in [6, 6.07) is 7.64. The van der Waals surface area contributed by atoms with Crippen LogP contribution in [-0.2, 0) is 11.3 Å². The van der Waals surface area contributed by atoms with Crippen LogP contribution in [0.25, 0.3) is 0 Å². The van der Waals surface area contributed by atoms with Gasteiger partial charge in [-0.3, -0.25) is 4.79 Å². The molecule has 1 aliphatic rings.